The molecule has 0 aliphatic carbocycles. The van der Waals surface area contributed by atoms with E-state index < -0.39 is 12.5 Å². The molecule has 0 amide bonds. The summed E-state index contributed by atoms with van der Waals surface area (Å²) in [6, 6.07) is 4.97. The summed E-state index contributed by atoms with van der Waals surface area (Å²) in [5.74, 6) is -2.31. The lowest BCUT2D eigenvalue weighted by molar-refractivity contribution is -0.103. The molecule has 3 rings (SSSR count). The van der Waals surface area contributed by atoms with Gasteiger partial charge < -0.3 is 14.8 Å². The van der Waals surface area contributed by atoms with Gasteiger partial charge >= 0.3 is 0 Å². The Kier molecular flexibility index (Phi) is 8.58. The van der Waals surface area contributed by atoms with Crippen LogP contribution in [0.15, 0.2) is 18.2 Å². The molecule has 0 spiro atoms. The zero-order chi connectivity index (χ0) is 22.3. The van der Waals surface area contributed by atoms with Crippen LogP contribution in [0.2, 0.25) is 5.28 Å². The van der Waals surface area contributed by atoms with Gasteiger partial charge in [0.05, 0.1) is 12.3 Å². The van der Waals surface area contributed by atoms with Crippen molar-refractivity contribution in [3.63, 3.8) is 0 Å². The van der Waals surface area contributed by atoms with Crippen LogP contribution in [0.5, 0.6) is 0 Å². The predicted octanol–water partition coefficient (Wildman–Crippen LogP) is 5.68. The van der Waals surface area contributed by atoms with Gasteiger partial charge in [0.15, 0.2) is 0 Å². The van der Waals surface area contributed by atoms with E-state index in [0.29, 0.717) is 17.9 Å². The van der Waals surface area contributed by atoms with Gasteiger partial charge in [-0.1, -0.05) is 32.0 Å². The third-order valence-electron chi connectivity index (χ3n) is 5.36. The number of unbranched alkanes of at least 4 members (excludes halogenated alkanes) is 1. The smallest absolute Gasteiger partial charge is 0.296 e. The number of fused-ring (bicyclic) bond motifs is 1. The van der Waals surface area contributed by atoms with E-state index in [1.165, 1.54) is 6.07 Å². The number of halogens is 3. The number of aromatic nitrogens is 2. The number of nitrogens with one attached hydrogen (secondary N) is 1. The summed E-state index contributed by atoms with van der Waals surface area (Å²) in [6.07, 6.45) is 4.45. The summed E-state index contributed by atoms with van der Waals surface area (Å²) in [5.41, 5.74) is 3.27. The molecule has 0 unspecified atom stereocenters. The van der Waals surface area contributed by atoms with Gasteiger partial charge in [-0.15, -0.1) is 0 Å². The number of aryl methyl sites for hydroxylation is 1. The van der Waals surface area contributed by atoms with E-state index in [-0.39, 0.29) is 17.5 Å². The number of ether oxygens (including phenoxy) is 2. The maximum atomic E-state index is 14.2. The molecule has 0 atom stereocenters. The third-order valence-corrected chi connectivity index (χ3v) is 5.53. The Bertz CT molecular complexity index is 880. The van der Waals surface area contributed by atoms with Crippen LogP contribution in [0.1, 0.15) is 61.1 Å². The average Bonchev–Trinajstić information content (AvgIpc) is 2.74. The fraction of sp³-hybridized carbons (Fsp3) is 0.565. The molecule has 0 fully saturated rings. The van der Waals surface area contributed by atoms with Crippen LogP contribution < -0.4 is 5.32 Å². The molecular weight excluding hydrogens is 424 g/mol. The molecule has 1 aliphatic rings. The molecule has 0 radical (unpaired) electrons. The lowest BCUT2D eigenvalue weighted by Gasteiger charge is -2.27. The Morgan fingerprint density at radius 3 is 2.81 bits per heavy atom. The molecule has 2 heterocycles. The van der Waals surface area contributed by atoms with Gasteiger partial charge in [-0.3, -0.25) is 0 Å². The van der Waals surface area contributed by atoms with Gasteiger partial charge in [0.2, 0.25) is 5.28 Å². The molecule has 1 aromatic carbocycles. The van der Waals surface area contributed by atoms with Crippen LogP contribution in [0.3, 0.4) is 0 Å². The van der Waals surface area contributed by atoms with Crippen molar-refractivity contribution >= 4 is 17.4 Å². The van der Waals surface area contributed by atoms with E-state index in [4.69, 9.17) is 21.1 Å². The number of hydrogen-bond acceptors (Lipinski definition) is 5. The third kappa shape index (κ3) is 6.11. The van der Waals surface area contributed by atoms with Crippen LogP contribution in [-0.2, 0) is 41.4 Å². The molecule has 5 nitrogen and oxygen atoms in total. The number of anilines is 1. The highest BCUT2D eigenvalue weighted by molar-refractivity contribution is 6.28. The van der Waals surface area contributed by atoms with Crippen LogP contribution in [0, 0.1) is 0 Å². The highest BCUT2D eigenvalue weighted by Gasteiger charge is 2.38. The number of nitrogens with zero attached hydrogens (tertiary/aromatic N) is 2. The van der Waals surface area contributed by atoms with E-state index in [1.54, 1.807) is 6.07 Å². The minimum absolute atomic E-state index is 0.0421. The summed E-state index contributed by atoms with van der Waals surface area (Å²) < 4.78 is 39.0. The van der Waals surface area contributed by atoms with Gasteiger partial charge in [-0.25, -0.2) is 9.97 Å². The second kappa shape index (κ2) is 11.2. The largest absolute Gasteiger partial charge is 0.381 e. The van der Waals surface area contributed by atoms with Gasteiger partial charge in [0, 0.05) is 30.9 Å². The SMILES string of the molecule is CCCOCCCCc1nc(Cl)nc(NCc2cccc3c2COCC3(F)F)c1CC. The normalized spacial score (nSPS) is 15.0. The van der Waals surface area contributed by atoms with Gasteiger partial charge in [-0.05, 0) is 54.8 Å². The second-order valence-electron chi connectivity index (χ2n) is 7.68. The number of alkyl halides is 2. The van der Waals surface area contributed by atoms with Crippen molar-refractivity contribution in [3.8, 4) is 0 Å². The van der Waals surface area contributed by atoms with Crippen molar-refractivity contribution in [2.45, 2.75) is 65.0 Å². The Hall–Kier alpha value is -1.83. The highest BCUT2D eigenvalue weighted by atomic mass is 35.5. The quantitative estimate of drug-likeness (QED) is 0.350. The first-order valence-corrected chi connectivity index (χ1v) is 11.3. The number of hydrogen-bond donors (Lipinski definition) is 1. The molecule has 1 aromatic heterocycles. The molecule has 1 N–H and O–H groups in total. The van der Waals surface area contributed by atoms with Crippen LogP contribution in [-0.4, -0.2) is 29.8 Å². The second-order valence-corrected chi connectivity index (χ2v) is 8.02. The van der Waals surface area contributed by atoms with Crippen molar-refractivity contribution in [3.05, 3.63) is 51.4 Å². The van der Waals surface area contributed by atoms with Crippen molar-refractivity contribution in [2.24, 2.45) is 0 Å². The molecule has 170 valence electrons. The molecule has 0 saturated carbocycles. The van der Waals surface area contributed by atoms with E-state index in [9.17, 15) is 8.78 Å². The first kappa shape index (κ1) is 23.8. The maximum Gasteiger partial charge on any atom is 0.296 e. The van der Waals surface area contributed by atoms with Gasteiger partial charge in [0.25, 0.3) is 5.92 Å². The summed E-state index contributed by atoms with van der Waals surface area (Å²) in [4.78, 5) is 8.81. The topological polar surface area (TPSA) is 56.3 Å². The molecule has 31 heavy (non-hydrogen) atoms. The van der Waals surface area contributed by atoms with Crippen LogP contribution in [0.25, 0.3) is 0 Å². The van der Waals surface area contributed by atoms with Crippen molar-refractivity contribution in [2.75, 3.05) is 25.1 Å². The van der Waals surface area contributed by atoms with Crippen LogP contribution >= 0.6 is 11.6 Å². The molecule has 1 aliphatic heterocycles. The molecular formula is C23H30ClF2N3O2. The first-order chi connectivity index (χ1) is 15.0. The van der Waals surface area contributed by atoms with Gasteiger partial charge in [0.1, 0.15) is 12.4 Å². The fourth-order valence-corrected chi connectivity index (χ4v) is 4.01. The lowest BCUT2D eigenvalue weighted by atomic mass is 9.95. The average molecular weight is 454 g/mol. The minimum atomic E-state index is -2.97. The standard InChI is InChI=1S/C23H30ClF2N3O2/c1-3-11-30-12-6-5-10-20-17(4-2)21(29-22(24)28-20)27-13-16-8-7-9-19-18(16)14-31-15-23(19,25)26/h7-9H,3-6,10-15H2,1-2H3,(H,27,28,29). The van der Waals surface area contributed by atoms with Crippen molar-refractivity contribution < 1.29 is 18.3 Å². The zero-order valence-electron chi connectivity index (χ0n) is 18.1. The molecule has 0 saturated heterocycles. The molecule has 0 bridgehead atoms. The lowest BCUT2D eigenvalue weighted by Crippen LogP contribution is -2.28. The van der Waals surface area contributed by atoms with E-state index in [1.807, 2.05) is 13.0 Å². The van der Waals surface area contributed by atoms with E-state index >= 15 is 0 Å². The number of benzene rings is 1. The zero-order valence-corrected chi connectivity index (χ0v) is 18.9. The highest BCUT2D eigenvalue weighted by Crippen LogP contribution is 2.37. The Labute approximate surface area is 187 Å². The Balaban J connectivity index is 1.71. The summed E-state index contributed by atoms with van der Waals surface area (Å²) in [6.45, 7) is 5.62. The van der Waals surface area contributed by atoms with Gasteiger partial charge in [-0.2, -0.15) is 8.78 Å². The maximum absolute atomic E-state index is 14.2. The van der Waals surface area contributed by atoms with Crippen molar-refractivity contribution in [1.29, 1.82) is 0 Å². The Morgan fingerprint density at radius 1 is 1.19 bits per heavy atom. The van der Waals surface area contributed by atoms with E-state index in [2.05, 4.69) is 22.2 Å². The monoisotopic (exact) mass is 453 g/mol. The minimum Gasteiger partial charge on any atom is -0.381 e. The van der Waals surface area contributed by atoms with E-state index in [0.717, 1.165) is 62.1 Å². The van der Waals surface area contributed by atoms with Crippen molar-refractivity contribution in [1.82, 2.24) is 9.97 Å². The summed E-state index contributed by atoms with van der Waals surface area (Å²) >= 11 is 6.19. The number of rotatable bonds is 11. The van der Waals surface area contributed by atoms with Crippen LogP contribution in [0.4, 0.5) is 14.6 Å². The molecule has 2 aromatic rings. The Morgan fingerprint density at radius 2 is 2.03 bits per heavy atom. The molecule has 8 heteroatoms. The summed E-state index contributed by atoms with van der Waals surface area (Å²) in [7, 11) is 0. The first-order valence-electron chi connectivity index (χ1n) is 10.9. The summed E-state index contributed by atoms with van der Waals surface area (Å²) in [5, 5.41) is 3.48. The predicted molar refractivity (Wildman–Crippen MR) is 118 cm³/mol. The fourth-order valence-electron chi connectivity index (χ4n) is 3.82.